The maximum atomic E-state index is 5.99. The van der Waals surface area contributed by atoms with E-state index in [-0.39, 0.29) is 0 Å². The topological polar surface area (TPSA) is 28.2 Å². The number of rotatable bonds is 3. The first kappa shape index (κ1) is 13.7. The number of fused-ring (bicyclic) bond motifs is 1. The number of likely N-dealkylation sites (tertiary alicyclic amines) is 1. The number of hydrogen-bond acceptors (Lipinski definition) is 3. The lowest BCUT2D eigenvalue weighted by molar-refractivity contribution is 0.217. The number of nitrogens with zero attached hydrogens (tertiary/aromatic N) is 2. The summed E-state index contributed by atoms with van der Waals surface area (Å²) in [5.41, 5.74) is 0.986. The normalized spacial score (nSPS) is 20.2. The molecule has 3 nitrogen and oxygen atoms in total. The minimum atomic E-state index is 0.719. The fourth-order valence-electron chi connectivity index (χ4n) is 2.88. The number of piperidine rings is 1. The van der Waals surface area contributed by atoms with E-state index in [0.29, 0.717) is 0 Å². The maximum absolute atomic E-state index is 5.99. The zero-order valence-corrected chi connectivity index (χ0v) is 12.5. The molecule has 0 bridgehead atoms. The molecule has 3 rings (SSSR count). The number of anilines is 1. The van der Waals surface area contributed by atoms with Gasteiger partial charge >= 0.3 is 0 Å². The smallest absolute Gasteiger partial charge is 0.126 e. The van der Waals surface area contributed by atoms with Gasteiger partial charge in [0.2, 0.25) is 0 Å². The summed E-state index contributed by atoms with van der Waals surface area (Å²) in [5.74, 6) is 1.67. The van der Waals surface area contributed by atoms with Crippen LogP contribution in [0, 0.1) is 5.92 Å². The third-order valence-corrected chi connectivity index (χ3v) is 4.18. The van der Waals surface area contributed by atoms with Gasteiger partial charge in [-0.15, -0.1) is 0 Å². The second-order valence-electron chi connectivity index (χ2n) is 5.68. The van der Waals surface area contributed by atoms with Crippen LogP contribution in [0.25, 0.3) is 10.9 Å². The van der Waals surface area contributed by atoms with Gasteiger partial charge < -0.3 is 10.2 Å². The van der Waals surface area contributed by atoms with Crippen molar-refractivity contribution in [3.05, 3.63) is 35.4 Å². The Kier molecular flexibility index (Phi) is 4.08. The van der Waals surface area contributed by atoms with E-state index in [1.807, 2.05) is 24.3 Å². The molecule has 1 aromatic carbocycles. The molecule has 1 aliphatic rings. The fourth-order valence-corrected chi connectivity index (χ4v) is 3.06. The lowest BCUT2D eigenvalue weighted by atomic mass is 9.98. The van der Waals surface area contributed by atoms with Crippen LogP contribution >= 0.6 is 11.6 Å². The van der Waals surface area contributed by atoms with Gasteiger partial charge in [0.25, 0.3) is 0 Å². The molecule has 106 valence electrons. The maximum Gasteiger partial charge on any atom is 0.126 e. The van der Waals surface area contributed by atoms with Crippen molar-refractivity contribution in [3.63, 3.8) is 0 Å². The molecule has 0 aliphatic carbocycles. The van der Waals surface area contributed by atoms with Crippen LogP contribution < -0.4 is 5.32 Å². The summed E-state index contributed by atoms with van der Waals surface area (Å²) < 4.78 is 0. The van der Waals surface area contributed by atoms with Crippen LogP contribution in [0.4, 0.5) is 5.82 Å². The molecule has 2 aromatic rings. The van der Waals surface area contributed by atoms with Gasteiger partial charge in [-0.1, -0.05) is 11.6 Å². The monoisotopic (exact) mass is 289 g/mol. The summed E-state index contributed by atoms with van der Waals surface area (Å²) in [7, 11) is 2.20. The van der Waals surface area contributed by atoms with Crippen molar-refractivity contribution >= 4 is 28.3 Å². The van der Waals surface area contributed by atoms with Crippen molar-refractivity contribution in [3.8, 4) is 0 Å². The van der Waals surface area contributed by atoms with Gasteiger partial charge in [0.1, 0.15) is 5.82 Å². The molecule has 1 aliphatic heterocycles. The van der Waals surface area contributed by atoms with Gasteiger partial charge in [0, 0.05) is 23.5 Å². The summed E-state index contributed by atoms with van der Waals surface area (Å²) in [5, 5.41) is 5.31. The lowest BCUT2D eigenvalue weighted by Gasteiger charge is -2.29. The molecule has 0 radical (unpaired) electrons. The van der Waals surface area contributed by atoms with Crippen LogP contribution in [0.15, 0.2) is 30.3 Å². The Morgan fingerprint density at radius 1 is 1.35 bits per heavy atom. The van der Waals surface area contributed by atoms with Gasteiger partial charge in [-0.3, -0.25) is 0 Å². The summed E-state index contributed by atoms with van der Waals surface area (Å²) >= 11 is 5.99. The standard InChI is InChI=1S/C16H20ClN3/c1-20-8-2-3-12(11-20)10-18-16-7-4-13-9-14(17)5-6-15(13)19-16/h4-7,9,12H,2-3,8,10-11H2,1H3,(H,18,19). The van der Waals surface area contributed by atoms with Crippen molar-refractivity contribution in [2.24, 2.45) is 5.92 Å². The molecular formula is C16H20ClN3. The Labute approximate surface area is 124 Å². The molecule has 1 aromatic heterocycles. The van der Waals surface area contributed by atoms with Crippen LogP contribution in [0.2, 0.25) is 5.02 Å². The van der Waals surface area contributed by atoms with Crippen LogP contribution in [-0.4, -0.2) is 36.6 Å². The first-order valence-electron chi connectivity index (χ1n) is 7.19. The quantitative estimate of drug-likeness (QED) is 0.935. The summed E-state index contributed by atoms with van der Waals surface area (Å²) in [6.45, 7) is 3.40. The molecule has 1 unspecified atom stereocenters. The van der Waals surface area contributed by atoms with Gasteiger partial charge in [-0.2, -0.15) is 0 Å². The molecule has 4 heteroatoms. The molecule has 0 amide bonds. The van der Waals surface area contributed by atoms with E-state index in [1.54, 1.807) is 0 Å². The van der Waals surface area contributed by atoms with Crippen LogP contribution in [-0.2, 0) is 0 Å². The Morgan fingerprint density at radius 3 is 3.10 bits per heavy atom. The van der Waals surface area contributed by atoms with Gasteiger partial charge in [0.05, 0.1) is 5.52 Å². The van der Waals surface area contributed by atoms with Crippen molar-refractivity contribution in [2.45, 2.75) is 12.8 Å². The summed E-state index contributed by atoms with van der Waals surface area (Å²) in [6.07, 6.45) is 2.60. The van der Waals surface area contributed by atoms with E-state index in [1.165, 1.54) is 25.9 Å². The molecule has 20 heavy (non-hydrogen) atoms. The zero-order chi connectivity index (χ0) is 13.9. The van der Waals surface area contributed by atoms with E-state index in [0.717, 1.165) is 34.2 Å². The highest BCUT2D eigenvalue weighted by Crippen LogP contribution is 2.20. The van der Waals surface area contributed by atoms with E-state index < -0.39 is 0 Å². The number of benzene rings is 1. The first-order chi connectivity index (χ1) is 9.70. The highest BCUT2D eigenvalue weighted by Gasteiger charge is 2.16. The minimum absolute atomic E-state index is 0.719. The molecule has 2 heterocycles. The fraction of sp³-hybridized carbons (Fsp3) is 0.438. The number of hydrogen-bond donors (Lipinski definition) is 1. The molecule has 1 fully saturated rings. The predicted molar refractivity (Wildman–Crippen MR) is 85.5 cm³/mol. The van der Waals surface area contributed by atoms with Crippen molar-refractivity contribution in [1.29, 1.82) is 0 Å². The molecule has 1 saturated heterocycles. The number of aromatic nitrogens is 1. The minimum Gasteiger partial charge on any atom is -0.370 e. The first-order valence-corrected chi connectivity index (χ1v) is 7.57. The van der Waals surface area contributed by atoms with Crippen LogP contribution in [0.1, 0.15) is 12.8 Å². The average Bonchev–Trinajstić information content (AvgIpc) is 2.45. The lowest BCUT2D eigenvalue weighted by Crippen LogP contribution is -2.35. The van der Waals surface area contributed by atoms with Crippen molar-refractivity contribution in [2.75, 3.05) is 32.0 Å². The molecule has 0 spiro atoms. The van der Waals surface area contributed by atoms with Gasteiger partial charge in [-0.25, -0.2) is 4.98 Å². The zero-order valence-electron chi connectivity index (χ0n) is 11.8. The van der Waals surface area contributed by atoms with E-state index in [2.05, 4.69) is 28.3 Å². The second kappa shape index (κ2) is 5.98. The van der Waals surface area contributed by atoms with Crippen molar-refractivity contribution in [1.82, 2.24) is 9.88 Å². The highest BCUT2D eigenvalue weighted by molar-refractivity contribution is 6.31. The Morgan fingerprint density at radius 2 is 2.25 bits per heavy atom. The van der Waals surface area contributed by atoms with Gasteiger partial charge in [-0.05, 0) is 62.7 Å². The van der Waals surface area contributed by atoms with E-state index in [9.17, 15) is 0 Å². The summed E-state index contributed by atoms with van der Waals surface area (Å²) in [4.78, 5) is 7.04. The van der Waals surface area contributed by atoms with E-state index in [4.69, 9.17) is 11.6 Å². The average molecular weight is 290 g/mol. The Bertz CT molecular complexity index is 599. The number of pyridine rings is 1. The molecule has 0 saturated carbocycles. The molecular weight excluding hydrogens is 270 g/mol. The highest BCUT2D eigenvalue weighted by atomic mass is 35.5. The summed E-state index contributed by atoms with van der Waals surface area (Å²) in [6, 6.07) is 9.91. The Hall–Kier alpha value is -1.32. The predicted octanol–water partition coefficient (Wildman–Crippen LogP) is 3.64. The number of halogens is 1. The van der Waals surface area contributed by atoms with Crippen LogP contribution in [0.3, 0.4) is 0 Å². The van der Waals surface area contributed by atoms with Crippen molar-refractivity contribution < 1.29 is 0 Å². The van der Waals surface area contributed by atoms with E-state index >= 15 is 0 Å². The third-order valence-electron chi connectivity index (χ3n) is 3.95. The van der Waals surface area contributed by atoms with Gasteiger partial charge in [0.15, 0.2) is 0 Å². The third kappa shape index (κ3) is 3.22. The molecule has 1 N–H and O–H groups in total. The SMILES string of the molecule is CN1CCCC(CNc2ccc3cc(Cl)ccc3n2)C1. The van der Waals surface area contributed by atoms with Crippen LogP contribution in [0.5, 0.6) is 0 Å². The Balaban J connectivity index is 1.67. The number of nitrogens with one attached hydrogen (secondary N) is 1. The second-order valence-corrected chi connectivity index (χ2v) is 6.12. The molecule has 1 atom stereocenters. The largest absolute Gasteiger partial charge is 0.370 e.